The number of rotatable bonds is 3. The summed E-state index contributed by atoms with van der Waals surface area (Å²) in [6.45, 7) is 4.23. The highest BCUT2D eigenvalue weighted by Gasteiger charge is 2.37. The molecule has 0 N–H and O–H groups in total. The molecule has 10 heteroatoms. The first kappa shape index (κ1) is 22.0. The van der Waals surface area contributed by atoms with Crippen LogP contribution >= 0.6 is 11.6 Å². The number of carbonyl (C=O) groups is 1. The molecule has 1 aliphatic heterocycles. The maximum Gasteiger partial charge on any atom is 0.258 e. The molecule has 1 aromatic carbocycles. The lowest BCUT2D eigenvalue weighted by molar-refractivity contribution is -0.0583. The highest BCUT2D eigenvalue weighted by Crippen LogP contribution is 2.36. The lowest BCUT2D eigenvalue weighted by Gasteiger charge is -2.29. The number of benzene rings is 1. The molecule has 0 bridgehead atoms. The van der Waals surface area contributed by atoms with Crippen LogP contribution in [0.2, 0.25) is 5.02 Å². The quantitative estimate of drug-likeness (QED) is 0.516. The zero-order valence-electron chi connectivity index (χ0n) is 18.2. The van der Waals surface area contributed by atoms with Crippen molar-refractivity contribution in [1.29, 1.82) is 0 Å². The number of amides is 1. The van der Waals surface area contributed by atoms with Crippen LogP contribution in [-0.4, -0.2) is 37.4 Å². The fourth-order valence-electron chi connectivity index (χ4n) is 4.51. The maximum atomic E-state index is 14.0. The Morgan fingerprint density at radius 1 is 1.21 bits per heavy atom. The number of hydrogen-bond acceptors (Lipinski definition) is 4. The van der Waals surface area contributed by atoms with E-state index in [4.69, 9.17) is 16.3 Å². The van der Waals surface area contributed by atoms with Gasteiger partial charge in [0.1, 0.15) is 11.6 Å². The van der Waals surface area contributed by atoms with Crippen molar-refractivity contribution in [3.05, 3.63) is 57.2 Å². The summed E-state index contributed by atoms with van der Waals surface area (Å²) in [7, 11) is 0. The summed E-state index contributed by atoms with van der Waals surface area (Å²) in [5.74, 6) is -3.53. The average Bonchev–Trinajstić information content (AvgIpc) is 3.32. The molecule has 5 rings (SSSR count). The fourth-order valence-corrected chi connectivity index (χ4v) is 4.63. The minimum Gasteiger partial charge on any atom is -0.489 e. The molecular weight excluding hydrogens is 457 g/mol. The standard InChI is InChI=1S/C23H22ClF3N4O2/c1-12-20(24)13(2)31-21(28-12)17-10-30(11-18(17)29-31)22(32)16-4-3-14(25)9-19(16)33-15-5-7-23(26,27)8-6-15/h3-4,9,15H,5-8,10-11H2,1-2H3. The van der Waals surface area contributed by atoms with E-state index < -0.39 is 17.8 Å². The van der Waals surface area contributed by atoms with Crippen molar-refractivity contribution in [1.82, 2.24) is 19.5 Å². The van der Waals surface area contributed by atoms with Crippen LogP contribution in [0.25, 0.3) is 5.65 Å². The summed E-state index contributed by atoms with van der Waals surface area (Å²) in [5.41, 5.74) is 3.86. The molecule has 1 saturated carbocycles. The Hall–Kier alpha value is -2.81. The number of aryl methyl sites for hydroxylation is 2. The van der Waals surface area contributed by atoms with Crippen LogP contribution in [0.15, 0.2) is 18.2 Å². The number of halogens is 4. The number of alkyl halides is 2. The first-order valence-corrected chi connectivity index (χ1v) is 11.2. The molecular formula is C23H22ClF3N4O2. The topological polar surface area (TPSA) is 59.7 Å². The number of fused-ring (bicyclic) bond motifs is 3. The van der Waals surface area contributed by atoms with E-state index in [2.05, 4.69) is 10.1 Å². The average molecular weight is 479 g/mol. The second-order valence-electron chi connectivity index (χ2n) is 8.73. The SMILES string of the molecule is Cc1nc2c3c(nn2c(C)c1Cl)CN(C(=O)c1ccc(F)cc1OC1CCC(F)(F)CC1)C3. The lowest BCUT2D eigenvalue weighted by atomic mass is 9.94. The molecule has 0 radical (unpaired) electrons. The molecule has 0 atom stereocenters. The number of hydrogen-bond donors (Lipinski definition) is 0. The number of ether oxygens (including phenoxy) is 1. The molecule has 0 unspecified atom stereocenters. The van der Waals surface area contributed by atoms with Gasteiger partial charge in [-0.05, 0) is 38.8 Å². The molecule has 2 aromatic heterocycles. The van der Waals surface area contributed by atoms with Crippen molar-refractivity contribution in [2.45, 2.75) is 64.6 Å². The van der Waals surface area contributed by atoms with E-state index in [-0.39, 0.29) is 56.0 Å². The van der Waals surface area contributed by atoms with E-state index in [1.54, 1.807) is 9.42 Å². The Bertz CT molecular complexity index is 1270. The van der Waals surface area contributed by atoms with Gasteiger partial charge in [0.25, 0.3) is 5.91 Å². The molecule has 1 amide bonds. The third kappa shape index (κ3) is 3.92. The van der Waals surface area contributed by atoms with Gasteiger partial charge < -0.3 is 9.64 Å². The van der Waals surface area contributed by atoms with Crippen molar-refractivity contribution < 1.29 is 22.7 Å². The number of aromatic nitrogens is 3. The Kier molecular flexibility index (Phi) is 5.27. The molecule has 3 aromatic rings. The normalized spacial score (nSPS) is 18.1. The van der Waals surface area contributed by atoms with E-state index in [1.165, 1.54) is 12.1 Å². The maximum absolute atomic E-state index is 14.0. The Morgan fingerprint density at radius 3 is 2.67 bits per heavy atom. The third-order valence-corrected chi connectivity index (χ3v) is 6.92. The molecule has 33 heavy (non-hydrogen) atoms. The summed E-state index contributed by atoms with van der Waals surface area (Å²) in [5, 5.41) is 5.12. The van der Waals surface area contributed by atoms with Crippen molar-refractivity contribution in [2.24, 2.45) is 0 Å². The summed E-state index contributed by atoms with van der Waals surface area (Å²) in [6.07, 6.45) is -0.758. The molecule has 174 valence electrons. The van der Waals surface area contributed by atoms with Gasteiger partial charge in [0.2, 0.25) is 5.92 Å². The van der Waals surface area contributed by atoms with Gasteiger partial charge in [-0.2, -0.15) is 5.10 Å². The highest BCUT2D eigenvalue weighted by molar-refractivity contribution is 6.31. The van der Waals surface area contributed by atoms with Gasteiger partial charge in [-0.1, -0.05) is 11.6 Å². The molecule has 1 aliphatic carbocycles. The lowest BCUT2D eigenvalue weighted by Crippen LogP contribution is -2.32. The van der Waals surface area contributed by atoms with Gasteiger partial charge in [-0.3, -0.25) is 4.79 Å². The molecule has 3 heterocycles. The van der Waals surface area contributed by atoms with Crippen molar-refractivity contribution in [2.75, 3.05) is 0 Å². The van der Waals surface area contributed by atoms with Gasteiger partial charge in [0.05, 0.1) is 46.9 Å². The van der Waals surface area contributed by atoms with E-state index in [1.807, 2.05) is 13.8 Å². The van der Waals surface area contributed by atoms with Crippen molar-refractivity contribution in [3.8, 4) is 5.75 Å². The minimum absolute atomic E-state index is 0.0746. The van der Waals surface area contributed by atoms with Crippen LogP contribution in [0.1, 0.15) is 58.7 Å². The van der Waals surface area contributed by atoms with Gasteiger partial charge in [0.15, 0.2) is 5.65 Å². The van der Waals surface area contributed by atoms with Crippen molar-refractivity contribution >= 4 is 23.2 Å². The monoisotopic (exact) mass is 478 g/mol. The Balaban J connectivity index is 1.39. The summed E-state index contributed by atoms with van der Waals surface area (Å²) < 4.78 is 48.4. The van der Waals surface area contributed by atoms with Gasteiger partial charge in [-0.25, -0.2) is 22.7 Å². The van der Waals surface area contributed by atoms with E-state index >= 15 is 0 Å². The number of nitrogens with zero attached hydrogens (tertiary/aromatic N) is 4. The van der Waals surface area contributed by atoms with Crippen LogP contribution in [-0.2, 0) is 13.1 Å². The van der Waals surface area contributed by atoms with E-state index in [0.29, 0.717) is 16.4 Å². The van der Waals surface area contributed by atoms with Crippen LogP contribution in [0.5, 0.6) is 5.75 Å². The van der Waals surface area contributed by atoms with Gasteiger partial charge >= 0.3 is 0 Å². The molecule has 1 fully saturated rings. The largest absolute Gasteiger partial charge is 0.489 e. The molecule has 0 spiro atoms. The molecule has 2 aliphatic rings. The summed E-state index contributed by atoms with van der Waals surface area (Å²) in [6, 6.07) is 3.71. The highest BCUT2D eigenvalue weighted by atomic mass is 35.5. The predicted molar refractivity (Wildman–Crippen MR) is 115 cm³/mol. The summed E-state index contributed by atoms with van der Waals surface area (Å²) in [4.78, 5) is 19.5. The smallest absolute Gasteiger partial charge is 0.258 e. The first-order valence-electron chi connectivity index (χ1n) is 10.8. The second kappa shape index (κ2) is 7.90. The molecule has 0 saturated heterocycles. The zero-order chi connectivity index (χ0) is 23.5. The van der Waals surface area contributed by atoms with E-state index in [9.17, 15) is 18.0 Å². The predicted octanol–water partition coefficient (Wildman–Crippen LogP) is 5.25. The van der Waals surface area contributed by atoms with Crippen LogP contribution < -0.4 is 4.74 Å². The minimum atomic E-state index is -2.70. The molecule has 6 nitrogen and oxygen atoms in total. The Morgan fingerprint density at radius 2 is 1.94 bits per heavy atom. The van der Waals surface area contributed by atoms with Crippen LogP contribution in [0, 0.1) is 19.7 Å². The van der Waals surface area contributed by atoms with Crippen LogP contribution in [0.4, 0.5) is 13.2 Å². The second-order valence-corrected chi connectivity index (χ2v) is 9.11. The third-order valence-electron chi connectivity index (χ3n) is 6.37. The Labute approximate surface area is 193 Å². The fraction of sp³-hybridized carbons (Fsp3) is 0.435. The van der Waals surface area contributed by atoms with E-state index in [0.717, 1.165) is 23.0 Å². The van der Waals surface area contributed by atoms with Crippen LogP contribution in [0.3, 0.4) is 0 Å². The number of carbonyl (C=O) groups excluding carboxylic acids is 1. The first-order chi connectivity index (χ1) is 15.6. The summed E-state index contributed by atoms with van der Waals surface area (Å²) >= 11 is 6.29. The zero-order valence-corrected chi connectivity index (χ0v) is 18.9. The van der Waals surface area contributed by atoms with Crippen molar-refractivity contribution in [3.63, 3.8) is 0 Å². The van der Waals surface area contributed by atoms with Gasteiger partial charge in [0, 0.05) is 24.5 Å². The van der Waals surface area contributed by atoms with Gasteiger partial charge in [-0.15, -0.1) is 0 Å².